The number of nitrogens with one attached hydrogen (secondary N) is 1. The van der Waals surface area contributed by atoms with Gasteiger partial charge in [-0.1, -0.05) is 64.8 Å². The molecule has 0 aliphatic heterocycles. The number of aryl methyl sites for hydroxylation is 1. The van der Waals surface area contributed by atoms with Gasteiger partial charge in [0.15, 0.2) is 0 Å². The zero-order valence-corrected chi connectivity index (χ0v) is 13.9. The van der Waals surface area contributed by atoms with Gasteiger partial charge in [0, 0.05) is 10.6 Å². The monoisotopic (exact) mass is 341 g/mol. The molecule has 0 spiro atoms. The van der Waals surface area contributed by atoms with Crippen LogP contribution in [0.1, 0.15) is 17.0 Å². The van der Waals surface area contributed by atoms with Crippen LogP contribution in [-0.4, -0.2) is 16.0 Å². The average molecular weight is 342 g/mol. The summed E-state index contributed by atoms with van der Waals surface area (Å²) in [5.41, 5.74) is 2.81. The highest BCUT2D eigenvalue weighted by atomic mass is 35.5. The minimum atomic E-state index is -0.154. The van der Waals surface area contributed by atoms with Crippen molar-refractivity contribution in [3.05, 3.63) is 70.6 Å². The van der Waals surface area contributed by atoms with Crippen LogP contribution in [0, 0.1) is 6.92 Å². The third kappa shape index (κ3) is 4.00. The smallest absolute Gasteiger partial charge is 0.246 e. The number of nitrogens with zero attached hydrogens (tertiary/aromatic N) is 2. The van der Waals surface area contributed by atoms with Crippen LogP contribution < -0.4 is 5.32 Å². The van der Waals surface area contributed by atoms with Gasteiger partial charge in [0.2, 0.25) is 17.6 Å². The molecule has 3 rings (SSSR count). The van der Waals surface area contributed by atoms with Crippen LogP contribution in [0.4, 0.5) is 0 Å². The molecule has 0 radical (unpaired) electrons. The molecular weight excluding hydrogens is 326 g/mol. The van der Waals surface area contributed by atoms with Crippen LogP contribution in [0.5, 0.6) is 0 Å². The van der Waals surface area contributed by atoms with Gasteiger partial charge in [0.05, 0.1) is 13.0 Å². The van der Waals surface area contributed by atoms with E-state index in [0.717, 1.165) is 16.7 Å². The van der Waals surface area contributed by atoms with E-state index in [9.17, 15) is 4.79 Å². The van der Waals surface area contributed by atoms with Crippen LogP contribution in [0.25, 0.3) is 11.4 Å². The summed E-state index contributed by atoms with van der Waals surface area (Å²) in [7, 11) is 0. The van der Waals surface area contributed by atoms with Crippen LogP contribution in [0.3, 0.4) is 0 Å². The average Bonchev–Trinajstić information content (AvgIpc) is 3.05. The Labute approximate surface area is 144 Å². The van der Waals surface area contributed by atoms with E-state index in [1.165, 1.54) is 0 Å². The minimum Gasteiger partial charge on any atom is -0.347 e. The number of carbonyl (C=O) groups excluding carboxylic acids is 1. The third-order valence-electron chi connectivity index (χ3n) is 3.52. The minimum absolute atomic E-state index is 0.154. The summed E-state index contributed by atoms with van der Waals surface area (Å²) >= 11 is 6.05. The number of halogens is 1. The summed E-state index contributed by atoms with van der Waals surface area (Å²) in [5, 5.41) is 7.26. The van der Waals surface area contributed by atoms with E-state index in [2.05, 4.69) is 15.5 Å². The van der Waals surface area contributed by atoms with E-state index in [1.54, 1.807) is 6.07 Å². The fourth-order valence-corrected chi connectivity index (χ4v) is 2.40. The van der Waals surface area contributed by atoms with Crippen LogP contribution in [0.15, 0.2) is 53.1 Å². The molecule has 24 heavy (non-hydrogen) atoms. The first-order valence-corrected chi connectivity index (χ1v) is 7.89. The summed E-state index contributed by atoms with van der Waals surface area (Å²) in [6.07, 6.45) is 0.207. The van der Waals surface area contributed by atoms with E-state index in [0.29, 0.717) is 16.7 Å². The van der Waals surface area contributed by atoms with Crippen molar-refractivity contribution in [3.8, 4) is 11.4 Å². The zero-order chi connectivity index (χ0) is 16.9. The second-order valence-electron chi connectivity index (χ2n) is 5.42. The van der Waals surface area contributed by atoms with Crippen molar-refractivity contribution in [2.75, 3.05) is 0 Å². The molecule has 0 saturated heterocycles. The van der Waals surface area contributed by atoms with Crippen molar-refractivity contribution >= 4 is 17.5 Å². The van der Waals surface area contributed by atoms with Gasteiger partial charge in [0.25, 0.3) is 0 Å². The Hall–Kier alpha value is -2.66. The Morgan fingerprint density at radius 2 is 1.92 bits per heavy atom. The number of hydrogen-bond donors (Lipinski definition) is 1. The van der Waals surface area contributed by atoms with Gasteiger partial charge in [0.1, 0.15) is 0 Å². The van der Waals surface area contributed by atoms with Gasteiger partial charge >= 0.3 is 0 Å². The summed E-state index contributed by atoms with van der Waals surface area (Å²) in [5.74, 6) is 0.710. The molecule has 6 heteroatoms. The van der Waals surface area contributed by atoms with Gasteiger partial charge in [-0.3, -0.25) is 4.79 Å². The van der Waals surface area contributed by atoms with E-state index in [1.807, 2.05) is 49.4 Å². The second kappa shape index (κ2) is 7.27. The molecule has 1 N–H and O–H groups in total. The highest BCUT2D eigenvalue weighted by molar-refractivity contribution is 6.31. The Bertz CT molecular complexity index is 843. The largest absolute Gasteiger partial charge is 0.347 e. The first-order chi connectivity index (χ1) is 11.6. The topological polar surface area (TPSA) is 68.0 Å². The fraction of sp³-hybridized carbons (Fsp3) is 0.167. The number of hydrogen-bond acceptors (Lipinski definition) is 4. The van der Waals surface area contributed by atoms with Gasteiger partial charge in [-0.15, -0.1) is 0 Å². The lowest BCUT2D eigenvalue weighted by atomic mass is 10.1. The predicted molar refractivity (Wildman–Crippen MR) is 91.5 cm³/mol. The zero-order valence-electron chi connectivity index (χ0n) is 13.1. The van der Waals surface area contributed by atoms with Crippen molar-refractivity contribution in [2.24, 2.45) is 0 Å². The molecule has 0 fully saturated rings. The van der Waals surface area contributed by atoms with Crippen LogP contribution in [-0.2, 0) is 17.8 Å². The van der Waals surface area contributed by atoms with Crippen LogP contribution >= 0.6 is 11.6 Å². The summed E-state index contributed by atoms with van der Waals surface area (Å²) in [6.45, 7) is 2.20. The van der Waals surface area contributed by atoms with Crippen molar-refractivity contribution < 1.29 is 9.32 Å². The molecule has 1 heterocycles. The lowest BCUT2D eigenvalue weighted by Crippen LogP contribution is -2.24. The Balaban J connectivity index is 1.58. The molecule has 122 valence electrons. The maximum Gasteiger partial charge on any atom is 0.246 e. The molecule has 2 aromatic carbocycles. The van der Waals surface area contributed by atoms with Crippen molar-refractivity contribution in [2.45, 2.75) is 19.9 Å². The molecule has 0 bridgehead atoms. The second-order valence-corrected chi connectivity index (χ2v) is 5.83. The fourth-order valence-electron chi connectivity index (χ4n) is 2.20. The first-order valence-electron chi connectivity index (χ1n) is 7.51. The van der Waals surface area contributed by atoms with Crippen molar-refractivity contribution in [3.63, 3.8) is 0 Å². The predicted octanol–water partition coefficient (Wildman–Crippen LogP) is 3.56. The molecule has 0 atom stereocenters. The summed E-state index contributed by atoms with van der Waals surface area (Å²) in [4.78, 5) is 16.3. The molecular formula is C18H16ClN3O2. The number of carbonyl (C=O) groups is 1. The number of aromatic nitrogens is 2. The molecule has 0 aliphatic carbocycles. The van der Waals surface area contributed by atoms with Gasteiger partial charge in [-0.2, -0.15) is 4.98 Å². The maximum atomic E-state index is 12.0. The first kappa shape index (κ1) is 16.2. The van der Waals surface area contributed by atoms with Gasteiger partial charge in [-0.05, 0) is 18.6 Å². The van der Waals surface area contributed by atoms with Crippen molar-refractivity contribution in [1.29, 1.82) is 0 Å². The normalized spacial score (nSPS) is 10.6. The quantitative estimate of drug-likeness (QED) is 0.770. The lowest BCUT2D eigenvalue weighted by Gasteiger charge is -2.04. The Morgan fingerprint density at radius 3 is 2.67 bits per heavy atom. The molecule has 1 amide bonds. The van der Waals surface area contributed by atoms with Gasteiger partial charge < -0.3 is 9.84 Å². The third-order valence-corrected chi connectivity index (χ3v) is 3.89. The SMILES string of the molecule is Cc1ccc(-c2noc(CNC(=O)Cc3ccccc3Cl)n2)cc1. The highest BCUT2D eigenvalue weighted by Crippen LogP contribution is 2.17. The summed E-state index contributed by atoms with van der Waals surface area (Å²) in [6, 6.07) is 15.1. The maximum absolute atomic E-state index is 12.0. The number of rotatable bonds is 5. The molecule has 0 unspecified atom stereocenters. The molecule has 3 aromatic rings. The molecule has 1 aromatic heterocycles. The van der Waals surface area contributed by atoms with E-state index >= 15 is 0 Å². The standard InChI is InChI=1S/C18H16ClN3O2/c1-12-6-8-13(9-7-12)18-21-17(24-22-18)11-20-16(23)10-14-4-2-3-5-15(14)19/h2-9H,10-11H2,1H3,(H,20,23). The summed E-state index contributed by atoms with van der Waals surface area (Å²) < 4.78 is 5.17. The van der Waals surface area contributed by atoms with E-state index in [-0.39, 0.29) is 18.9 Å². The highest BCUT2D eigenvalue weighted by Gasteiger charge is 2.11. The van der Waals surface area contributed by atoms with E-state index in [4.69, 9.17) is 16.1 Å². The Morgan fingerprint density at radius 1 is 1.17 bits per heavy atom. The Kier molecular flexibility index (Phi) is 4.91. The number of amides is 1. The van der Waals surface area contributed by atoms with Crippen LogP contribution in [0.2, 0.25) is 5.02 Å². The lowest BCUT2D eigenvalue weighted by molar-refractivity contribution is -0.120. The van der Waals surface area contributed by atoms with Gasteiger partial charge in [-0.25, -0.2) is 0 Å². The molecule has 0 aliphatic rings. The molecule has 0 saturated carbocycles. The number of benzene rings is 2. The van der Waals surface area contributed by atoms with E-state index < -0.39 is 0 Å². The molecule has 5 nitrogen and oxygen atoms in total. The van der Waals surface area contributed by atoms with Crippen molar-refractivity contribution in [1.82, 2.24) is 15.5 Å².